The van der Waals surface area contributed by atoms with Gasteiger partial charge in [0.2, 0.25) is 5.88 Å². The second-order valence-corrected chi connectivity index (χ2v) is 5.71. The highest BCUT2D eigenvalue weighted by Crippen LogP contribution is 2.27. The van der Waals surface area contributed by atoms with Crippen molar-refractivity contribution >= 4 is 16.8 Å². The number of amides is 1. The zero-order valence-electron chi connectivity index (χ0n) is 13.0. The third kappa shape index (κ3) is 2.16. The summed E-state index contributed by atoms with van der Waals surface area (Å²) in [7, 11) is 3.44. The lowest BCUT2D eigenvalue weighted by Gasteiger charge is -2.39. The summed E-state index contributed by atoms with van der Waals surface area (Å²) >= 11 is 0. The first-order valence-corrected chi connectivity index (χ1v) is 7.46. The van der Waals surface area contributed by atoms with Gasteiger partial charge in [0.05, 0.1) is 24.1 Å². The summed E-state index contributed by atoms with van der Waals surface area (Å²) in [6, 6.07) is 7.71. The molecule has 0 unspecified atom stereocenters. The van der Waals surface area contributed by atoms with Gasteiger partial charge in [-0.25, -0.2) is 4.68 Å². The average Bonchev–Trinajstić information content (AvgIpc) is 3.11. The van der Waals surface area contributed by atoms with Gasteiger partial charge < -0.3 is 9.64 Å². The molecule has 0 aliphatic carbocycles. The normalized spacial score (nSPS) is 15.0. The van der Waals surface area contributed by atoms with Crippen LogP contribution < -0.4 is 4.74 Å². The molecular weight excluding hydrogens is 294 g/mol. The molecule has 7 nitrogen and oxygen atoms in total. The standard InChI is InChI=1S/C16H17N5O2/c1-19-16(23-2)13-5-4-11(8-14(13)18-19)15(22)20-9-12(10-20)21-7-3-6-17-21/h3-8,12H,9-10H2,1-2H3. The van der Waals surface area contributed by atoms with Gasteiger partial charge in [0.15, 0.2) is 0 Å². The zero-order valence-corrected chi connectivity index (χ0v) is 13.0. The monoisotopic (exact) mass is 311 g/mol. The Morgan fingerprint density at radius 2 is 2.17 bits per heavy atom. The fourth-order valence-corrected chi connectivity index (χ4v) is 3.02. The molecular formula is C16H17N5O2. The van der Waals surface area contributed by atoms with Crippen LogP contribution in [0.4, 0.5) is 0 Å². The third-order valence-electron chi connectivity index (χ3n) is 4.27. The number of aromatic nitrogens is 4. The number of fused-ring (bicyclic) bond motifs is 1. The van der Waals surface area contributed by atoms with Gasteiger partial charge in [0.25, 0.3) is 5.91 Å². The van der Waals surface area contributed by atoms with Crippen LogP contribution in [0.1, 0.15) is 16.4 Å². The number of ether oxygens (including phenoxy) is 1. The van der Waals surface area contributed by atoms with Crippen LogP contribution >= 0.6 is 0 Å². The Kier molecular flexibility index (Phi) is 3.07. The highest BCUT2D eigenvalue weighted by Gasteiger charge is 2.32. The average molecular weight is 311 g/mol. The second-order valence-electron chi connectivity index (χ2n) is 5.71. The lowest BCUT2D eigenvalue weighted by atomic mass is 10.1. The fourth-order valence-electron chi connectivity index (χ4n) is 3.02. The molecule has 1 aliphatic rings. The van der Waals surface area contributed by atoms with Crippen molar-refractivity contribution in [2.24, 2.45) is 7.05 Å². The van der Waals surface area contributed by atoms with Gasteiger partial charge in [0.1, 0.15) is 0 Å². The molecule has 118 valence electrons. The van der Waals surface area contributed by atoms with Gasteiger partial charge >= 0.3 is 0 Å². The van der Waals surface area contributed by atoms with E-state index in [1.54, 1.807) is 18.0 Å². The van der Waals surface area contributed by atoms with E-state index in [1.165, 1.54) is 0 Å². The number of hydrogen-bond donors (Lipinski definition) is 0. The van der Waals surface area contributed by atoms with Crippen LogP contribution in [0.2, 0.25) is 0 Å². The Labute approximate surface area is 133 Å². The van der Waals surface area contributed by atoms with Crippen molar-refractivity contribution in [1.82, 2.24) is 24.5 Å². The highest BCUT2D eigenvalue weighted by atomic mass is 16.5. The quantitative estimate of drug-likeness (QED) is 0.735. The van der Waals surface area contributed by atoms with Crippen LogP contribution in [-0.4, -0.2) is 50.6 Å². The number of hydrogen-bond acceptors (Lipinski definition) is 4. The largest absolute Gasteiger partial charge is 0.481 e. The predicted octanol–water partition coefficient (Wildman–Crippen LogP) is 1.48. The van der Waals surface area contributed by atoms with Crippen LogP contribution in [0.25, 0.3) is 10.9 Å². The number of benzene rings is 1. The molecule has 0 spiro atoms. The summed E-state index contributed by atoms with van der Waals surface area (Å²) in [6.07, 6.45) is 3.69. The molecule has 3 aromatic rings. The van der Waals surface area contributed by atoms with E-state index in [0.29, 0.717) is 24.5 Å². The number of likely N-dealkylation sites (tertiary alicyclic amines) is 1. The van der Waals surface area contributed by atoms with E-state index >= 15 is 0 Å². The SMILES string of the molecule is COc1c2ccc(C(=O)N3CC(n4cccn4)C3)cc2nn1C. The first-order chi connectivity index (χ1) is 11.2. The summed E-state index contributed by atoms with van der Waals surface area (Å²) in [4.78, 5) is 14.4. The molecule has 1 saturated heterocycles. The van der Waals surface area contributed by atoms with Crippen molar-refractivity contribution < 1.29 is 9.53 Å². The van der Waals surface area contributed by atoms with E-state index in [9.17, 15) is 4.79 Å². The molecule has 1 fully saturated rings. The maximum Gasteiger partial charge on any atom is 0.254 e. The van der Waals surface area contributed by atoms with Gasteiger partial charge in [0, 0.05) is 38.1 Å². The van der Waals surface area contributed by atoms with E-state index in [0.717, 1.165) is 10.9 Å². The molecule has 0 radical (unpaired) electrons. The number of carbonyl (C=O) groups is 1. The van der Waals surface area contributed by atoms with Crippen LogP contribution in [0.3, 0.4) is 0 Å². The second kappa shape index (κ2) is 5.12. The van der Waals surface area contributed by atoms with Crippen LogP contribution in [-0.2, 0) is 7.05 Å². The maximum atomic E-state index is 12.6. The van der Waals surface area contributed by atoms with Gasteiger partial charge in [-0.15, -0.1) is 0 Å². The summed E-state index contributed by atoms with van der Waals surface area (Å²) in [5.41, 5.74) is 1.41. The summed E-state index contributed by atoms with van der Waals surface area (Å²) in [5.74, 6) is 0.724. The molecule has 7 heteroatoms. The van der Waals surface area contributed by atoms with Crippen molar-refractivity contribution in [2.75, 3.05) is 20.2 Å². The molecule has 1 amide bonds. The Morgan fingerprint density at radius 1 is 1.35 bits per heavy atom. The Bertz CT molecular complexity index is 862. The number of methoxy groups -OCH3 is 1. The molecule has 0 bridgehead atoms. The number of carbonyl (C=O) groups excluding carboxylic acids is 1. The van der Waals surface area contributed by atoms with Crippen molar-refractivity contribution in [3.63, 3.8) is 0 Å². The zero-order chi connectivity index (χ0) is 16.0. The van der Waals surface area contributed by atoms with E-state index in [-0.39, 0.29) is 11.9 Å². The first kappa shape index (κ1) is 13.8. The van der Waals surface area contributed by atoms with Crippen LogP contribution in [0.15, 0.2) is 36.7 Å². The summed E-state index contributed by atoms with van der Waals surface area (Å²) < 4.78 is 8.91. The first-order valence-electron chi connectivity index (χ1n) is 7.46. The van der Waals surface area contributed by atoms with Crippen LogP contribution in [0.5, 0.6) is 5.88 Å². The van der Waals surface area contributed by atoms with E-state index in [2.05, 4.69) is 10.2 Å². The fraction of sp³-hybridized carbons (Fsp3) is 0.312. The Balaban J connectivity index is 1.54. The van der Waals surface area contributed by atoms with Gasteiger partial charge in [-0.3, -0.25) is 9.48 Å². The summed E-state index contributed by atoms with van der Waals surface area (Å²) in [6.45, 7) is 1.37. The minimum absolute atomic E-state index is 0.0277. The van der Waals surface area contributed by atoms with Gasteiger partial charge in [-0.05, 0) is 24.3 Å². The van der Waals surface area contributed by atoms with Crippen LogP contribution in [0, 0.1) is 0 Å². The molecule has 0 atom stereocenters. The molecule has 3 heterocycles. The van der Waals surface area contributed by atoms with E-state index < -0.39 is 0 Å². The van der Waals surface area contributed by atoms with Gasteiger partial charge in [-0.1, -0.05) is 0 Å². The van der Waals surface area contributed by atoms with E-state index in [4.69, 9.17) is 4.74 Å². The third-order valence-corrected chi connectivity index (χ3v) is 4.27. The molecule has 2 aromatic heterocycles. The molecule has 23 heavy (non-hydrogen) atoms. The number of nitrogens with zero attached hydrogens (tertiary/aromatic N) is 5. The molecule has 0 saturated carbocycles. The van der Waals surface area contributed by atoms with Crippen molar-refractivity contribution in [3.05, 3.63) is 42.2 Å². The number of aryl methyl sites for hydroxylation is 1. The number of rotatable bonds is 3. The molecule has 1 aliphatic heterocycles. The lowest BCUT2D eigenvalue weighted by molar-refractivity contribution is 0.0501. The molecule has 1 aromatic carbocycles. The lowest BCUT2D eigenvalue weighted by Crippen LogP contribution is -2.50. The predicted molar refractivity (Wildman–Crippen MR) is 84.4 cm³/mol. The van der Waals surface area contributed by atoms with Gasteiger partial charge in [-0.2, -0.15) is 10.2 Å². The minimum atomic E-state index is 0.0277. The van der Waals surface area contributed by atoms with Crippen molar-refractivity contribution in [1.29, 1.82) is 0 Å². The topological polar surface area (TPSA) is 65.2 Å². The smallest absolute Gasteiger partial charge is 0.254 e. The van der Waals surface area contributed by atoms with Crippen molar-refractivity contribution in [3.8, 4) is 5.88 Å². The Morgan fingerprint density at radius 3 is 2.87 bits per heavy atom. The molecule has 4 rings (SSSR count). The Hall–Kier alpha value is -2.83. The van der Waals surface area contributed by atoms with Crippen molar-refractivity contribution in [2.45, 2.75) is 6.04 Å². The highest BCUT2D eigenvalue weighted by molar-refractivity contribution is 5.99. The molecule has 0 N–H and O–H groups in total. The van der Waals surface area contributed by atoms with E-state index in [1.807, 2.05) is 47.1 Å². The minimum Gasteiger partial charge on any atom is -0.481 e. The maximum absolute atomic E-state index is 12.6. The summed E-state index contributed by atoms with van der Waals surface area (Å²) in [5, 5.41) is 9.52.